The third kappa shape index (κ3) is 3.73. The molecule has 2 heterocycles. The van der Waals surface area contributed by atoms with E-state index >= 15 is 0 Å². The number of aromatic nitrogens is 2. The number of nitrogens with zero attached hydrogens (tertiary/aromatic N) is 3. The summed E-state index contributed by atoms with van der Waals surface area (Å²) in [7, 11) is 0. The summed E-state index contributed by atoms with van der Waals surface area (Å²) in [6.45, 7) is 1.47. The van der Waals surface area contributed by atoms with Crippen LogP contribution in [0.15, 0.2) is 28.8 Å². The maximum Gasteiger partial charge on any atom is 0.317 e. The van der Waals surface area contributed by atoms with Crippen molar-refractivity contribution < 1.29 is 9.32 Å². The summed E-state index contributed by atoms with van der Waals surface area (Å²) in [4.78, 5) is 19.7. The number of halogens is 1. The SMILES string of the molecule is O=C(NC12CC3CC(CC(C3)C1)C2)N1CCC(c2nc(-c3cccc(Cl)c3)no2)CC1. The molecule has 2 amide bonds. The highest BCUT2D eigenvalue weighted by atomic mass is 35.5. The molecular formula is C24H29ClN4O2. The minimum atomic E-state index is 0.0705. The number of likely N-dealkylation sites (tertiary alicyclic amines) is 1. The van der Waals surface area contributed by atoms with Crippen molar-refractivity contribution >= 4 is 17.6 Å². The molecule has 7 heteroatoms. The largest absolute Gasteiger partial charge is 0.339 e. The quantitative estimate of drug-likeness (QED) is 0.707. The molecule has 1 aliphatic heterocycles. The zero-order valence-electron chi connectivity index (χ0n) is 17.7. The van der Waals surface area contributed by atoms with Crippen LogP contribution in [0.4, 0.5) is 4.79 Å². The first kappa shape index (κ1) is 19.6. The van der Waals surface area contributed by atoms with Crippen molar-refractivity contribution in [1.82, 2.24) is 20.4 Å². The fourth-order valence-electron chi connectivity index (χ4n) is 7.05. The molecule has 164 valence electrons. The van der Waals surface area contributed by atoms with Gasteiger partial charge in [0.2, 0.25) is 11.7 Å². The van der Waals surface area contributed by atoms with Gasteiger partial charge in [-0.15, -0.1) is 0 Å². The van der Waals surface area contributed by atoms with Crippen LogP contribution in [0.5, 0.6) is 0 Å². The first-order valence-electron chi connectivity index (χ1n) is 11.7. The normalized spacial score (nSPS) is 32.4. The summed E-state index contributed by atoms with van der Waals surface area (Å²) in [5.74, 6) is 3.94. The molecule has 5 aliphatic rings. The molecule has 0 unspecified atom stereocenters. The van der Waals surface area contributed by atoms with Crippen LogP contribution in [0, 0.1) is 17.8 Å². The van der Waals surface area contributed by atoms with Crippen LogP contribution in [0.3, 0.4) is 0 Å². The summed E-state index contributed by atoms with van der Waals surface area (Å²) < 4.78 is 5.56. The van der Waals surface area contributed by atoms with E-state index in [-0.39, 0.29) is 17.5 Å². The molecule has 2 aromatic rings. The van der Waals surface area contributed by atoms with Crippen molar-refractivity contribution in [3.8, 4) is 11.4 Å². The second-order valence-electron chi connectivity index (χ2n) is 10.4. The minimum Gasteiger partial charge on any atom is -0.339 e. The van der Waals surface area contributed by atoms with Gasteiger partial charge in [0.25, 0.3) is 0 Å². The lowest BCUT2D eigenvalue weighted by atomic mass is 9.53. The van der Waals surface area contributed by atoms with Crippen LogP contribution < -0.4 is 5.32 Å². The predicted octanol–water partition coefficient (Wildman–Crippen LogP) is 5.25. The third-order valence-electron chi connectivity index (χ3n) is 8.07. The number of rotatable bonds is 3. The van der Waals surface area contributed by atoms with Crippen molar-refractivity contribution in [3.63, 3.8) is 0 Å². The smallest absolute Gasteiger partial charge is 0.317 e. The van der Waals surface area contributed by atoms with Gasteiger partial charge in [-0.2, -0.15) is 4.98 Å². The highest BCUT2D eigenvalue weighted by Crippen LogP contribution is 2.55. The number of hydrogen-bond acceptors (Lipinski definition) is 4. The highest BCUT2D eigenvalue weighted by Gasteiger charge is 2.51. The summed E-state index contributed by atoms with van der Waals surface area (Å²) in [6.07, 6.45) is 9.45. The number of benzene rings is 1. The van der Waals surface area contributed by atoms with Gasteiger partial charge in [0, 0.05) is 35.1 Å². The van der Waals surface area contributed by atoms with Crippen LogP contribution in [-0.2, 0) is 0 Å². The second kappa shape index (κ2) is 7.51. The number of carbonyl (C=O) groups is 1. The Balaban J connectivity index is 1.07. The fraction of sp³-hybridized carbons (Fsp3) is 0.625. The Morgan fingerprint density at radius 2 is 1.77 bits per heavy atom. The van der Waals surface area contributed by atoms with Crippen LogP contribution in [0.25, 0.3) is 11.4 Å². The predicted molar refractivity (Wildman–Crippen MR) is 118 cm³/mol. The lowest BCUT2D eigenvalue weighted by Gasteiger charge is -2.57. The summed E-state index contributed by atoms with van der Waals surface area (Å²) in [5.41, 5.74) is 0.927. The van der Waals surface area contributed by atoms with Gasteiger partial charge in [-0.1, -0.05) is 28.9 Å². The van der Waals surface area contributed by atoms with Gasteiger partial charge in [0.1, 0.15) is 0 Å². The van der Waals surface area contributed by atoms with E-state index in [4.69, 9.17) is 16.1 Å². The minimum absolute atomic E-state index is 0.0705. The zero-order valence-corrected chi connectivity index (χ0v) is 18.5. The monoisotopic (exact) mass is 440 g/mol. The van der Waals surface area contributed by atoms with E-state index in [1.54, 1.807) is 0 Å². The Morgan fingerprint density at radius 3 is 2.42 bits per heavy atom. The molecule has 1 N–H and O–H groups in total. The molecule has 0 spiro atoms. The lowest BCUT2D eigenvalue weighted by molar-refractivity contribution is -0.0160. The van der Waals surface area contributed by atoms with E-state index in [0.717, 1.165) is 49.2 Å². The summed E-state index contributed by atoms with van der Waals surface area (Å²) in [6, 6.07) is 7.61. The van der Waals surface area contributed by atoms with Crippen molar-refractivity contribution in [1.29, 1.82) is 0 Å². The molecule has 31 heavy (non-hydrogen) atoms. The van der Waals surface area contributed by atoms with Crippen LogP contribution in [-0.4, -0.2) is 39.7 Å². The maximum absolute atomic E-state index is 13.1. The number of hydrogen-bond donors (Lipinski definition) is 1. The van der Waals surface area contributed by atoms with E-state index < -0.39 is 0 Å². The van der Waals surface area contributed by atoms with Gasteiger partial charge < -0.3 is 14.7 Å². The molecule has 6 nitrogen and oxygen atoms in total. The molecule has 1 aromatic carbocycles. The van der Waals surface area contributed by atoms with Crippen LogP contribution >= 0.6 is 11.6 Å². The standard InChI is InChI=1S/C24H29ClN4O2/c25-20-3-1-2-19(11-20)21-26-22(31-28-21)18-4-6-29(7-5-18)23(30)27-24-12-15-8-16(13-24)10-17(9-15)14-24/h1-3,11,15-18H,4-10,12-14H2,(H,27,30). The topological polar surface area (TPSA) is 71.3 Å². The van der Waals surface area contributed by atoms with Gasteiger partial charge in [-0.05, 0) is 81.3 Å². The van der Waals surface area contributed by atoms with Gasteiger partial charge in [0.05, 0.1) is 0 Å². The van der Waals surface area contributed by atoms with Crippen molar-refractivity contribution in [2.75, 3.05) is 13.1 Å². The van der Waals surface area contributed by atoms with E-state index in [0.29, 0.717) is 16.7 Å². The van der Waals surface area contributed by atoms with Crippen molar-refractivity contribution in [2.45, 2.75) is 62.8 Å². The van der Waals surface area contributed by atoms with E-state index in [1.807, 2.05) is 29.2 Å². The number of amides is 2. The Kier molecular flexibility index (Phi) is 4.74. The maximum atomic E-state index is 13.1. The molecular weight excluding hydrogens is 412 g/mol. The van der Waals surface area contributed by atoms with Crippen LogP contribution in [0.2, 0.25) is 5.02 Å². The van der Waals surface area contributed by atoms with Crippen molar-refractivity contribution in [2.24, 2.45) is 17.8 Å². The molecule has 4 bridgehead atoms. The zero-order chi connectivity index (χ0) is 21.0. The summed E-state index contributed by atoms with van der Waals surface area (Å²) in [5, 5.41) is 8.30. The van der Waals surface area contributed by atoms with Crippen LogP contribution in [0.1, 0.15) is 63.2 Å². The first-order chi connectivity index (χ1) is 15.1. The first-order valence-corrected chi connectivity index (χ1v) is 12.1. The van der Waals surface area contributed by atoms with Gasteiger partial charge in [0.15, 0.2) is 0 Å². The molecule has 1 aromatic heterocycles. The molecule has 0 radical (unpaired) electrons. The van der Waals surface area contributed by atoms with Gasteiger partial charge in [-0.25, -0.2) is 4.79 Å². The lowest BCUT2D eigenvalue weighted by Crippen LogP contribution is -2.62. The van der Waals surface area contributed by atoms with Gasteiger partial charge >= 0.3 is 6.03 Å². The average molecular weight is 441 g/mol. The molecule has 4 saturated carbocycles. The fourth-order valence-corrected chi connectivity index (χ4v) is 7.24. The Labute approximate surface area is 187 Å². The molecule has 4 aliphatic carbocycles. The van der Waals surface area contributed by atoms with Gasteiger partial charge in [-0.3, -0.25) is 0 Å². The number of urea groups is 1. The number of piperidine rings is 1. The van der Waals surface area contributed by atoms with E-state index in [2.05, 4.69) is 15.5 Å². The van der Waals surface area contributed by atoms with E-state index in [1.165, 1.54) is 38.5 Å². The molecule has 7 rings (SSSR count). The third-order valence-corrected chi connectivity index (χ3v) is 8.30. The van der Waals surface area contributed by atoms with Crippen molar-refractivity contribution in [3.05, 3.63) is 35.2 Å². The molecule has 5 fully saturated rings. The van der Waals surface area contributed by atoms with E-state index in [9.17, 15) is 4.79 Å². The highest BCUT2D eigenvalue weighted by molar-refractivity contribution is 6.30. The second-order valence-corrected chi connectivity index (χ2v) is 10.8. The average Bonchev–Trinajstić information content (AvgIpc) is 3.23. The Bertz CT molecular complexity index is 946. The molecule has 1 saturated heterocycles. The summed E-state index contributed by atoms with van der Waals surface area (Å²) >= 11 is 6.08. The Morgan fingerprint density at radius 1 is 1.10 bits per heavy atom. The Hall–Kier alpha value is -2.08. The number of nitrogens with one attached hydrogen (secondary N) is 1. The number of carbonyl (C=O) groups excluding carboxylic acids is 1. The molecule has 0 atom stereocenters.